The molecule has 3 aromatic rings. The topological polar surface area (TPSA) is 140 Å². The third-order valence-electron chi connectivity index (χ3n) is 4.43. The summed E-state index contributed by atoms with van der Waals surface area (Å²) in [6, 6.07) is 4.26. The number of carbonyl (C=O) groups excluding carboxylic acids is 2. The first kappa shape index (κ1) is 25.5. The molecule has 3 rings (SSSR count). The second-order valence-corrected chi connectivity index (χ2v) is 7.15. The number of aldehydes is 1. The number of hydrogen-bond donors (Lipinski definition) is 4. The second-order valence-electron chi connectivity index (χ2n) is 7.15. The maximum atomic E-state index is 14.0. The number of primary amides is 1. The second kappa shape index (κ2) is 9.65. The molecule has 1 aromatic heterocycles. The van der Waals surface area contributed by atoms with E-state index in [-0.39, 0.29) is 46.4 Å². The Bertz CT molecular complexity index is 1360. The number of rotatable bonds is 7. The molecule has 0 saturated heterocycles. The first-order valence-electron chi connectivity index (χ1n) is 9.57. The van der Waals surface area contributed by atoms with Crippen molar-refractivity contribution in [2.45, 2.75) is 18.6 Å². The lowest BCUT2D eigenvalue weighted by Crippen LogP contribution is -2.36. The van der Waals surface area contributed by atoms with Gasteiger partial charge in [-0.2, -0.15) is 13.2 Å². The van der Waals surface area contributed by atoms with E-state index >= 15 is 0 Å². The average Bonchev–Trinajstić information content (AvgIpc) is 3.12. The van der Waals surface area contributed by atoms with E-state index in [2.05, 4.69) is 26.9 Å². The van der Waals surface area contributed by atoms with Gasteiger partial charge < -0.3 is 30.6 Å². The van der Waals surface area contributed by atoms with Crippen LogP contribution in [0, 0.1) is 17.7 Å². The maximum Gasteiger partial charge on any atom is 0.406 e. The van der Waals surface area contributed by atoms with Gasteiger partial charge >= 0.3 is 6.18 Å². The molecular formula is C21H15BF4N4O5. The molecule has 2 radical (unpaired) electrons. The molecule has 1 amide bonds. The van der Waals surface area contributed by atoms with Crippen LogP contribution in [0.15, 0.2) is 30.6 Å². The molecule has 0 aliphatic rings. The number of amides is 1. The van der Waals surface area contributed by atoms with E-state index in [0.29, 0.717) is 0 Å². The Morgan fingerprint density at radius 3 is 2.60 bits per heavy atom. The van der Waals surface area contributed by atoms with Crippen molar-refractivity contribution < 1.29 is 42.1 Å². The SMILES string of the molecule is [B]C(O)(O)Oc1cc(C=O)c(F)cc1NCC#Cc1cc(C(N)=O)c2ncn(CC(F)(F)F)c2c1. The zero-order valence-corrected chi connectivity index (χ0v) is 17.6. The van der Waals surface area contributed by atoms with Crippen LogP contribution in [0.25, 0.3) is 11.0 Å². The first-order valence-corrected chi connectivity index (χ1v) is 9.57. The molecule has 35 heavy (non-hydrogen) atoms. The van der Waals surface area contributed by atoms with Crippen LogP contribution < -0.4 is 15.8 Å². The number of nitrogens with zero attached hydrogens (tertiary/aromatic N) is 2. The normalized spacial score (nSPS) is 11.6. The number of aliphatic hydroxyl groups is 2. The number of aromatic nitrogens is 2. The molecule has 0 spiro atoms. The van der Waals surface area contributed by atoms with Gasteiger partial charge in [-0.3, -0.25) is 9.59 Å². The van der Waals surface area contributed by atoms with Gasteiger partial charge in [0.2, 0.25) is 7.85 Å². The summed E-state index contributed by atoms with van der Waals surface area (Å²) in [5.74, 6) is -0.128. The number of nitrogens with two attached hydrogens (primary N) is 1. The van der Waals surface area contributed by atoms with Crippen LogP contribution in [0.4, 0.5) is 23.2 Å². The number of hydrogen-bond acceptors (Lipinski definition) is 7. The van der Waals surface area contributed by atoms with E-state index < -0.39 is 35.9 Å². The summed E-state index contributed by atoms with van der Waals surface area (Å²) in [5, 5.41) is 21.1. The quantitative estimate of drug-likeness (QED) is 0.129. The predicted molar refractivity (Wildman–Crippen MR) is 115 cm³/mol. The summed E-state index contributed by atoms with van der Waals surface area (Å²) in [5.41, 5.74) is 4.72. The number of ether oxygens (including phenoxy) is 1. The number of carbonyl (C=O) groups is 2. The van der Waals surface area contributed by atoms with Gasteiger partial charge in [0.25, 0.3) is 11.8 Å². The smallest absolute Gasteiger partial charge is 0.406 e. The van der Waals surface area contributed by atoms with Gasteiger partial charge in [-0.05, 0) is 18.2 Å². The van der Waals surface area contributed by atoms with Crippen molar-refractivity contribution in [3.8, 4) is 17.6 Å². The summed E-state index contributed by atoms with van der Waals surface area (Å²) >= 11 is 0. The summed E-state index contributed by atoms with van der Waals surface area (Å²) < 4.78 is 58.0. The van der Waals surface area contributed by atoms with Crippen molar-refractivity contribution in [3.63, 3.8) is 0 Å². The number of benzene rings is 2. The third-order valence-corrected chi connectivity index (χ3v) is 4.43. The van der Waals surface area contributed by atoms with Crippen LogP contribution in [0.3, 0.4) is 0 Å². The number of anilines is 1. The van der Waals surface area contributed by atoms with E-state index in [1.807, 2.05) is 0 Å². The molecule has 0 fully saturated rings. The van der Waals surface area contributed by atoms with Crippen LogP contribution in [0.2, 0.25) is 0 Å². The molecule has 0 aliphatic carbocycles. The zero-order chi connectivity index (χ0) is 26.0. The van der Waals surface area contributed by atoms with Crippen LogP contribution in [-0.4, -0.2) is 58.4 Å². The zero-order valence-electron chi connectivity index (χ0n) is 17.6. The van der Waals surface area contributed by atoms with Crippen molar-refractivity contribution in [1.29, 1.82) is 0 Å². The first-order chi connectivity index (χ1) is 16.3. The molecule has 0 unspecified atom stereocenters. The van der Waals surface area contributed by atoms with E-state index in [1.165, 1.54) is 12.1 Å². The summed E-state index contributed by atoms with van der Waals surface area (Å²) in [6.45, 7) is -1.56. The van der Waals surface area contributed by atoms with Gasteiger partial charge in [0, 0.05) is 11.6 Å². The fourth-order valence-corrected chi connectivity index (χ4v) is 3.07. The average molecular weight is 490 g/mol. The molecule has 14 heteroatoms. The number of imidazole rings is 1. The molecular weight excluding hydrogens is 475 g/mol. The summed E-state index contributed by atoms with van der Waals surface area (Å²) in [6.07, 6.45) is -3.43. The van der Waals surface area contributed by atoms with Gasteiger partial charge in [-0.1, -0.05) is 11.8 Å². The standard InChI is InChI=1S/C21H15BF4N4O5/c22-21(33,34)35-17-6-12(8-31)14(23)7-15(17)28-3-1-2-11-4-13(19(27)32)18-16(5-11)30(10-29-18)9-20(24,25)26/h4-8,10,28,33-34H,3,9H2,(H2,27,32). The van der Waals surface area contributed by atoms with E-state index in [4.69, 9.17) is 13.6 Å². The van der Waals surface area contributed by atoms with Crippen molar-refractivity contribution in [3.05, 3.63) is 53.1 Å². The van der Waals surface area contributed by atoms with Gasteiger partial charge in [0.15, 0.2) is 6.29 Å². The monoisotopic (exact) mass is 490 g/mol. The summed E-state index contributed by atoms with van der Waals surface area (Å²) in [4.78, 5) is 26.5. The Morgan fingerprint density at radius 1 is 1.29 bits per heavy atom. The number of alkyl halides is 3. The Hall–Kier alpha value is -4.09. The molecule has 0 aliphatic heterocycles. The maximum absolute atomic E-state index is 14.0. The van der Waals surface area contributed by atoms with Gasteiger partial charge in [-0.25, -0.2) is 9.37 Å². The lowest BCUT2D eigenvalue weighted by molar-refractivity contribution is -0.223. The Balaban J connectivity index is 1.90. The van der Waals surface area contributed by atoms with Gasteiger partial charge in [0.05, 0.1) is 35.2 Å². The molecule has 2 aromatic carbocycles. The van der Waals surface area contributed by atoms with Crippen molar-refractivity contribution in [2.24, 2.45) is 5.73 Å². The number of halogens is 4. The van der Waals surface area contributed by atoms with Crippen LogP contribution in [-0.2, 0) is 6.54 Å². The lowest BCUT2D eigenvalue weighted by atomic mass is 10.1. The molecule has 0 saturated carbocycles. The van der Waals surface area contributed by atoms with E-state index in [1.54, 1.807) is 0 Å². The molecule has 5 N–H and O–H groups in total. The largest absolute Gasteiger partial charge is 0.447 e. The van der Waals surface area contributed by atoms with Crippen LogP contribution in [0.1, 0.15) is 26.3 Å². The van der Waals surface area contributed by atoms with Crippen molar-refractivity contribution in [1.82, 2.24) is 9.55 Å². The fourth-order valence-electron chi connectivity index (χ4n) is 3.07. The Labute approximate surface area is 195 Å². The highest BCUT2D eigenvalue weighted by Crippen LogP contribution is 2.29. The van der Waals surface area contributed by atoms with Crippen LogP contribution >= 0.6 is 0 Å². The molecule has 0 bridgehead atoms. The third kappa shape index (κ3) is 6.49. The highest BCUT2D eigenvalue weighted by atomic mass is 19.4. The summed E-state index contributed by atoms with van der Waals surface area (Å²) in [7, 11) is 4.96. The minimum atomic E-state index is -4.54. The van der Waals surface area contributed by atoms with Crippen LogP contribution in [0.5, 0.6) is 5.75 Å². The number of fused-ring (bicyclic) bond motifs is 1. The highest BCUT2D eigenvalue weighted by molar-refractivity contribution is 6.12. The fraction of sp³-hybridized carbons (Fsp3) is 0.190. The molecule has 0 atom stereocenters. The van der Waals surface area contributed by atoms with Crippen molar-refractivity contribution >= 4 is 36.8 Å². The highest BCUT2D eigenvalue weighted by Gasteiger charge is 2.29. The predicted octanol–water partition coefficient (Wildman–Crippen LogP) is 1.26. The van der Waals surface area contributed by atoms with Gasteiger partial charge in [0.1, 0.15) is 23.6 Å². The molecule has 180 valence electrons. The lowest BCUT2D eigenvalue weighted by Gasteiger charge is -2.21. The van der Waals surface area contributed by atoms with Gasteiger partial charge in [-0.15, -0.1) is 0 Å². The van der Waals surface area contributed by atoms with Crippen molar-refractivity contribution in [2.75, 3.05) is 11.9 Å². The Kier molecular flexibility index (Phi) is 7.04. The van der Waals surface area contributed by atoms with E-state index in [0.717, 1.165) is 23.0 Å². The molecule has 1 heterocycles. The van der Waals surface area contributed by atoms with E-state index in [9.17, 15) is 37.4 Å². The number of nitrogens with one attached hydrogen (secondary N) is 1. The minimum Gasteiger partial charge on any atom is -0.447 e. The minimum absolute atomic E-state index is 0.0109. The molecule has 9 nitrogen and oxygen atoms in total. The Morgan fingerprint density at radius 2 is 2.00 bits per heavy atom.